The van der Waals surface area contributed by atoms with E-state index >= 15 is 0 Å². The van der Waals surface area contributed by atoms with E-state index in [1.54, 1.807) is 12.1 Å². The second-order valence-electron chi connectivity index (χ2n) is 5.90. The minimum atomic E-state index is -0.442. The maximum atomic E-state index is 12.3. The topological polar surface area (TPSA) is 72.7 Å². The Hall–Kier alpha value is -3.15. The van der Waals surface area contributed by atoms with E-state index in [9.17, 15) is 14.9 Å². The maximum Gasteiger partial charge on any atom is 0.354 e. The van der Waals surface area contributed by atoms with Crippen LogP contribution in [0, 0.1) is 16.0 Å². The molecular formula is C19H18N2O4. The molecule has 0 N–H and O–H groups in total. The van der Waals surface area contributed by atoms with Gasteiger partial charge in [-0.1, -0.05) is 37.3 Å². The second-order valence-corrected chi connectivity index (χ2v) is 5.90. The van der Waals surface area contributed by atoms with Crippen LogP contribution in [-0.2, 0) is 9.53 Å². The molecule has 0 unspecified atom stereocenters. The summed E-state index contributed by atoms with van der Waals surface area (Å²) in [6, 6.07) is 16.0. The number of non-ortho nitro benzene ring substituents is 1. The van der Waals surface area contributed by atoms with Crippen LogP contribution < -0.4 is 4.90 Å². The first kappa shape index (κ1) is 16.7. The highest BCUT2D eigenvalue weighted by molar-refractivity contribution is 5.94. The smallest absolute Gasteiger partial charge is 0.354 e. The molecule has 1 aliphatic rings. The first-order valence-corrected chi connectivity index (χ1v) is 7.91. The van der Waals surface area contributed by atoms with E-state index in [4.69, 9.17) is 4.74 Å². The summed E-state index contributed by atoms with van der Waals surface area (Å²) in [7, 11) is 1.34. The van der Waals surface area contributed by atoms with Crippen molar-refractivity contribution in [2.24, 2.45) is 5.92 Å². The number of benzene rings is 2. The lowest BCUT2D eigenvalue weighted by Crippen LogP contribution is -2.29. The third-order valence-corrected chi connectivity index (χ3v) is 4.33. The van der Waals surface area contributed by atoms with Crippen molar-refractivity contribution in [2.75, 3.05) is 12.0 Å². The summed E-state index contributed by atoms with van der Waals surface area (Å²) in [6.07, 6.45) is 1.88. The van der Waals surface area contributed by atoms with E-state index in [-0.39, 0.29) is 17.6 Å². The molecule has 0 fully saturated rings. The Morgan fingerprint density at radius 2 is 1.76 bits per heavy atom. The average molecular weight is 338 g/mol. The van der Waals surface area contributed by atoms with Crippen LogP contribution in [0.4, 0.5) is 11.4 Å². The van der Waals surface area contributed by atoms with Gasteiger partial charge in [0.1, 0.15) is 5.70 Å². The molecule has 0 radical (unpaired) electrons. The first-order chi connectivity index (χ1) is 12.0. The van der Waals surface area contributed by atoms with Gasteiger partial charge >= 0.3 is 5.97 Å². The van der Waals surface area contributed by atoms with Crippen LogP contribution in [0.3, 0.4) is 0 Å². The zero-order valence-electron chi connectivity index (χ0n) is 14.0. The summed E-state index contributed by atoms with van der Waals surface area (Å²) in [4.78, 5) is 24.6. The molecule has 2 aromatic rings. The van der Waals surface area contributed by atoms with Gasteiger partial charge < -0.3 is 9.64 Å². The molecule has 3 rings (SSSR count). The summed E-state index contributed by atoms with van der Waals surface area (Å²) >= 11 is 0. The number of nitrogens with zero attached hydrogens (tertiary/aromatic N) is 2. The molecule has 128 valence electrons. The van der Waals surface area contributed by atoms with Crippen LogP contribution in [0.1, 0.15) is 18.5 Å². The minimum absolute atomic E-state index is 0.0101. The summed E-state index contributed by atoms with van der Waals surface area (Å²) < 4.78 is 4.92. The molecule has 0 saturated heterocycles. The van der Waals surface area contributed by atoms with Gasteiger partial charge in [0.05, 0.1) is 18.1 Å². The predicted octanol–water partition coefficient (Wildman–Crippen LogP) is 3.85. The number of carbonyl (C=O) groups is 1. The number of hydrogen-bond acceptors (Lipinski definition) is 5. The molecule has 2 aromatic carbocycles. The Kier molecular flexibility index (Phi) is 4.52. The number of anilines is 1. The highest BCUT2D eigenvalue weighted by Gasteiger charge is 2.37. The summed E-state index contributed by atoms with van der Waals surface area (Å²) in [5.74, 6) is -0.352. The van der Waals surface area contributed by atoms with Gasteiger partial charge in [-0.05, 0) is 23.8 Å². The number of esters is 1. The minimum Gasteiger partial charge on any atom is -0.464 e. The quantitative estimate of drug-likeness (QED) is 0.481. The van der Waals surface area contributed by atoms with Crippen molar-refractivity contribution in [1.29, 1.82) is 0 Å². The molecule has 0 aliphatic carbocycles. The van der Waals surface area contributed by atoms with Gasteiger partial charge in [-0.3, -0.25) is 10.1 Å². The van der Waals surface area contributed by atoms with Gasteiger partial charge in [-0.2, -0.15) is 0 Å². The molecule has 25 heavy (non-hydrogen) atoms. The Labute approximate surface area is 145 Å². The SMILES string of the molecule is COC(=O)C1=C[C@H](C)[C@@H](c2ccccc2)N1c1ccc([N+](=O)[O-])cc1. The lowest BCUT2D eigenvalue weighted by Gasteiger charge is -2.31. The molecule has 0 saturated carbocycles. The zero-order valence-corrected chi connectivity index (χ0v) is 14.0. The van der Waals surface area contributed by atoms with Crippen LogP contribution >= 0.6 is 0 Å². The van der Waals surface area contributed by atoms with Crippen LogP contribution in [0.15, 0.2) is 66.4 Å². The molecule has 0 amide bonds. The van der Waals surface area contributed by atoms with Crippen molar-refractivity contribution in [1.82, 2.24) is 0 Å². The fourth-order valence-electron chi connectivity index (χ4n) is 3.21. The zero-order chi connectivity index (χ0) is 18.0. The molecule has 1 heterocycles. The van der Waals surface area contributed by atoms with E-state index < -0.39 is 10.9 Å². The number of rotatable bonds is 4. The first-order valence-electron chi connectivity index (χ1n) is 7.91. The van der Waals surface area contributed by atoms with Crippen molar-refractivity contribution < 1.29 is 14.5 Å². The Morgan fingerprint density at radius 1 is 1.12 bits per heavy atom. The Bertz CT molecular complexity index is 815. The standard InChI is InChI=1S/C19H18N2O4/c1-13-12-17(19(22)25-2)20(18(13)14-6-4-3-5-7-14)15-8-10-16(11-9-15)21(23)24/h3-13,18H,1-2H3/t13-,18-/m0/s1. The molecule has 1 aliphatic heterocycles. The average Bonchev–Trinajstić information content (AvgIpc) is 2.99. The summed E-state index contributed by atoms with van der Waals surface area (Å²) in [6.45, 7) is 2.03. The van der Waals surface area contributed by atoms with E-state index in [2.05, 4.69) is 0 Å². The van der Waals surface area contributed by atoms with Gasteiger partial charge in [-0.25, -0.2) is 4.79 Å². The number of nitro benzene ring substituents is 1. The van der Waals surface area contributed by atoms with Crippen molar-refractivity contribution in [3.63, 3.8) is 0 Å². The second kappa shape index (κ2) is 6.76. The third kappa shape index (κ3) is 3.10. The van der Waals surface area contributed by atoms with Gasteiger partial charge in [0.2, 0.25) is 0 Å². The van der Waals surface area contributed by atoms with Crippen molar-refractivity contribution in [2.45, 2.75) is 13.0 Å². The molecule has 2 atom stereocenters. The van der Waals surface area contributed by atoms with Gasteiger partial charge in [0.15, 0.2) is 0 Å². The van der Waals surface area contributed by atoms with Crippen LogP contribution in [0.5, 0.6) is 0 Å². The lowest BCUT2D eigenvalue weighted by molar-refractivity contribution is -0.384. The fraction of sp³-hybridized carbons (Fsp3) is 0.211. The molecule has 0 spiro atoms. The van der Waals surface area contributed by atoms with Crippen LogP contribution in [0.2, 0.25) is 0 Å². The molecule has 6 nitrogen and oxygen atoms in total. The Balaban J connectivity index is 2.06. The monoisotopic (exact) mass is 338 g/mol. The number of ether oxygens (including phenoxy) is 1. The van der Waals surface area contributed by atoms with Crippen molar-refractivity contribution >= 4 is 17.3 Å². The van der Waals surface area contributed by atoms with Crippen molar-refractivity contribution in [3.8, 4) is 0 Å². The largest absolute Gasteiger partial charge is 0.464 e. The third-order valence-electron chi connectivity index (χ3n) is 4.33. The van der Waals surface area contributed by atoms with E-state index in [0.29, 0.717) is 11.4 Å². The van der Waals surface area contributed by atoms with Crippen molar-refractivity contribution in [3.05, 3.63) is 82.0 Å². The highest BCUT2D eigenvalue weighted by atomic mass is 16.6. The van der Waals surface area contributed by atoms with Gasteiger partial charge in [0.25, 0.3) is 5.69 Å². The molecule has 0 bridgehead atoms. The van der Waals surface area contributed by atoms with Crippen LogP contribution in [0.25, 0.3) is 0 Å². The molecule has 0 aromatic heterocycles. The Morgan fingerprint density at radius 3 is 2.32 bits per heavy atom. The highest BCUT2D eigenvalue weighted by Crippen LogP contribution is 2.42. The number of nitro groups is 1. The maximum absolute atomic E-state index is 12.3. The predicted molar refractivity (Wildman–Crippen MR) is 94.0 cm³/mol. The van der Waals surface area contributed by atoms with E-state index in [1.165, 1.54) is 19.2 Å². The van der Waals surface area contributed by atoms with Gasteiger partial charge in [-0.15, -0.1) is 0 Å². The molecule has 6 heteroatoms. The number of carbonyl (C=O) groups excluding carboxylic acids is 1. The fourth-order valence-corrected chi connectivity index (χ4v) is 3.21. The number of hydrogen-bond donors (Lipinski definition) is 0. The normalized spacial score (nSPS) is 19.4. The van der Waals surface area contributed by atoms with E-state index in [0.717, 1.165) is 5.56 Å². The number of methoxy groups -OCH3 is 1. The van der Waals surface area contributed by atoms with E-state index in [1.807, 2.05) is 48.2 Å². The van der Waals surface area contributed by atoms with Crippen LogP contribution in [-0.4, -0.2) is 18.0 Å². The summed E-state index contributed by atoms with van der Waals surface area (Å²) in [5.41, 5.74) is 2.22. The molecular weight excluding hydrogens is 320 g/mol. The summed E-state index contributed by atoms with van der Waals surface area (Å²) in [5, 5.41) is 10.9. The lowest BCUT2D eigenvalue weighted by atomic mass is 9.96. The van der Waals surface area contributed by atoms with Gasteiger partial charge in [0, 0.05) is 23.7 Å².